The van der Waals surface area contributed by atoms with Crippen molar-refractivity contribution < 1.29 is 31.1 Å². The van der Waals surface area contributed by atoms with Crippen molar-refractivity contribution >= 4 is 0 Å². The summed E-state index contributed by atoms with van der Waals surface area (Å²) in [5.74, 6) is 0. The van der Waals surface area contributed by atoms with Gasteiger partial charge in [-0.15, -0.1) is 0 Å². The van der Waals surface area contributed by atoms with E-state index < -0.39 is 24.1 Å². The zero-order chi connectivity index (χ0) is 15.3. The number of hydrogen-bond acceptors (Lipinski definition) is 2. The van der Waals surface area contributed by atoms with Crippen LogP contribution in [-0.4, -0.2) is 37.1 Å². The second-order valence-electron chi connectivity index (χ2n) is 4.56. The van der Waals surface area contributed by atoms with Crippen molar-refractivity contribution in [1.82, 2.24) is 5.32 Å². The van der Waals surface area contributed by atoms with E-state index in [9.17, 15) is 26.3 Å². The van der Waals surface area contributed by atoms with Crippen LogP contribution in [0.1, 0.15) is 33.6 Å². The number of hydrogen-bond donors (Lipinski definition) is 1. The minimum atomic E-state index is -5.47. The summed E-state index contributed by atoms with van der Waals surface area (Å²) < 4.78 is 78.8. The summed E-state index contributed by atoms with van der Waals surface area (Å²) in [6.07, 6.45) is -13.9. The lowest BCUT2D eigenvalue weighted by Gasteiger charge is -2.35. The minimum absolute atomic E-state index is 0.0341. The van der Waals surface area contributed by atoms with Crippen molar-refractivity contribution in [1.29, 1.82) is 0 Å². The zero-order valence-corrected chi connectivity index (χ0v) is 11.1. The molecule has 19 heavy (non-hydrogen) atoms. The van der Waals surface area contributed by atoms with Gasteiger partial charge in [-0.05, 0) is 26.3 Å². The van der Waals surface area contributed by atoms with E-state index >= 15 is 0 Å². The number of halogens is 6. The van der Waals surface area contributed by atoms with Gasteiger partial charge in [0.1, 0.15) is 0 Å². The molecule has 0 heterocycles. The van der Waals surface area contributed by atoms with Gasteiger partial charge in [0, 0.05) is 6.54 Å². The normalized spacial score (nSPS) is 16.7. The molecule has 0 spiro atoms. The molecular weight excluding hydrogens is 276 g/mol. The van der Waals surface area contributed by atoms with Gasteiger partial charge in [-0.1, -0.05) is 13.8 Å². The first-order valence-electron chi connectivity index (χ1n) is 5.98. The van der Waals surface area contributed by atoms with Gasteiger partial charge in [-0.3, -0.25) is 0 Å². The Morgan fingerprint density at radius 3 is 1.79 bits per heavy atom. The first-order chi connectivity index (χ1) is 8.46. The van der Waals surface area contributed by atoms with Crippen molar-refractivity contribution in [3.8, 4) is 0 Å². The van der Waals surface area contributed by atoms with Crippen LogP contribution in [0.4, 0.5) is 26.3 Å². The first kappa shape index (κ1) is 18.5. The highest BCUT2D eigenvalue weighted by Crippen LogP contribution is 2.38. The monoisotopic (exact) mass is 295 g/mol. The van der Waals surface area contributed by atoms with Crippen LogP contribution in [-0.2, 0) is 4.74 Å². The molecule has 1 atom stereocenters. The largest absolute Gasteiger partial charge is 0.423 e. The number of rotatable bonds is 7. The summed E-state index contributed by atoms with van der Waals surface area (Å²) in [7, 11) is 0. The first-order valence-corrected chi connectivity index (χ1v) is 5.98. The van der Waals surface area contributed by atoms with Gasteiger partial charge in [-0.25, -0.2) is 0 Å². The van der Waals surface area contributed by atoms with Crippen molar-refractivity contribution in [2.24, 2.45) is 0 Å². The van der Waals surface area contributed by atoms with E-state index in [-0.39, 0.29) is 13.0 Å². The number of alkyl halides is 6. The average molecular weight is 295 g/mol. The summed E-state index contributed by atoms with van der Waals surface area (Å²) in [4.78, 5) is 0. The Morgan fingerprint density at radius 1 is 1.00 bits per heavy atom. The molecule has 0 radical (unpaired) electrons. The molecule has 0 saturated carbocycles. The van der Waals surface area contributed by atoms with E-state index in [0.29, 0.717) is 6.54 Å². The molecule has 0 fully saturated rings. The van der Waals surface area contributed by atoms with Crippen LogP contribution in [0, 0.1) is 0 Å². The summed E-state index contributed by atoms with van der Waals surface area (Å²) >= 11 is 0. The SMILES string of the molecule is CCCNCC(C)(CC)OC(C(F)(F)F)C(F)(F)F. The summed E-state index contributed by atoms with van der Waals surface area (Å²) in [6, 6.07) is 0. The summed E-state index contributed by atoms with van der Waals surface area (Å²) in [5.41, 5.74) is -1.52. The molecule has 0 aliphatic rings. The van der Waals surface area contributed by atoms with Gasteiger partial charge < -0.3 is 10.1 Å². The van der Waals surface area contributed by atoms with Crippen molar-refractivity contribution in [2.45, 2.75) is 57.7 Å². The van der Waals surface area contributed by atoms with Crippen molar-refractivity contribution in [2.75, 3.05) is 13.1 Å². The van der Waals surface area contributed by atoms with Crippen LogP contribution >= 0.6 is 0 Å². The molecule has 0 aromatic heterocycles. The topological polar surface area (TPSA) is 21.3 Å². The third kappa shape index (κ3) is 6.47. The lowest BCUT2D eigenvalue weighted by Crippen LogP contribution is -2.52. The second kappa shape index (κ2) is 6.78. The molecule has 2 nitrogen and oxygen atoms in total. The van der Waals surface area contributed by atoms with E-state index in [4.69, 9.17) is 0 Å². The summed E-state index contributed by atoms with van der Waals surface area (Å²) in [5, 5.41) is 2.78. The fraction of sp³-hybridized carbons (Fsp3) is 1.00. The highest BCUT2D eigenvalue weighted by atomic mass is 19.4. The second-order valence-corrected chi connectivity index (χ2v) is 4.56. The van der Waals surface area contributed by atoms with Gasteiger partial charge in [0.15, 0.2) is 0 Å². The third-order valence-electron chi connectivity index (χ3n) is 2.67. The van der Waals surface area contributed by atoms with Crippen LogP contribution in [0.3, 0.4) is 0 Å². The van der Waals surface area contributed by atoms with Gasteiger partial charge >= 0.3 is 12.4 Å². The predicted octanol–water partition coefficient (Wildman–Crippen LogP) is 3.66. The molecule has 8 heteroatoms. The van der Waals surface area contributed by atoms with Crippen molar-refractivity contribution in [3.63, 3.8) is 0 Å². The molecule has 1 unspecified atom stereocenters. The van der Waals surface area contributed by atoms with Crippen LogP contribution in [0.25, 0.3) is 0 Å². The molecule has 0 saturated heterocycles. The molecule has 0 aromatic rings. The standard InChI is InChI=1S/C11H19F6NO/c1-4-6-18-7-9(3,5-2)19-8(10(12,13)14)11(15,16)17/h8,18H,4-7H2,1-3H3. The molecule has 0 aliphatic carbocycles. The van der Waals surface area contributed by atoms with E-state index in [0.717, 1.165) is 6.42 Å². The van der Waals surface area contributed by atoms with Crippen LogP contribution in [0.15, 0.2) is 0 Å². The Morgan fingerprint density at radius 2 is 1.47 bits per heavy atom. The number of ether oxygens (including phenoxy) is 1. The predicted molar refractivity (Wildman–Crippen MR) is 58.8 cm³/mol. The molecule has 1 N–H and O–H groups in total. The number of nitrogens with one attached hydrogen (secondary N) is 1. The van der Waals surface area contributed by atoms with Crippen LogP contribution in [0.5, 0.6) is 0 Å². The molecular formula is C11H19F6NO. The van der Waals surface area contributed by atoms with Gasteiger partial charge in [0.2, 0.25) is 6.10 Å². The molecule has 116 valence electrons. The Hall–Kier alpha value is -0.500. The van der Waals surface area contributed by atoms with Crippen LogP contribution < -0.4 is 5.32 Å². The van der Waals surface area contributed by atoms with E-state index in [1.807, 2.05) is 6.92 Å². The van der Waals surface area contributed by atoms with Crippen LogP contribution in [0.2, 0.25) is 0 Å². The lowest BCUT2D eigenvalue weighted by atomic mass is 10.0. The van der Waals surface area contributed by atoms with E-state index in [2.05, 4.69) is 10.1 Å². The maximum absolute atomic E-state index is 12.4. The Labute approximate surface area is 108 Å². The maximum atomic E-state index is 12.4. The summed E-state index contributed by atoms with van der Waals surface area (Å²) in [6.45, 7) is 4.99. The quantitative estimate of drug-likeness (QED) is 0.571. The average Bonchev–Trinajstić information content (AvgIpc) is 2.23. The highest BCUT2D eigenvalue weighted by molar-refractivity contribution is 4.84. The molecule has 0 aliphatic heterocycles. The fourth-order valence-electron chi connectivity index (χ4n) is 1.38. The lowest BCUT2D eigenvalue weighted by molar-refractivity contribution is -0.342. The Kier molecular flexibility index (Phi) is 6.61. The minimum Gasteiger partial charge on any atom is -0.353 e. The zero-order valence-electron chi connectivity index (χ0n) is 11.1. The van der Waals surface area contributed by atoms with E-state index in [1.165, 1.54) is 13.8 Å². The Balaban J connectivity index is 4.88. The van der Waals surface area contributed by atoms with Gasteiger partial charge in [0.25, 0.3) is 0 Å². The highest BCUT2D eigenvalue weighted by Gasteiger charge is 2.59. The molecule has 0 aromatic carbocycles. The van der Waals surface area contributed by atoms with E-state index in [1.54, 1.807) is 0 Å². The molecule has 0 bridgehead atoms. The Bertz CT molecular complexity index is 251. The van der Waals surface area contributed by atoms with Gasteiger partial charge in [-0.2, -0.15) is 26.3 Å². The van der Waals surface area contributed by atoms with Crippen molar-refractivity contribution in [3.05, 3.63) is 0 Å². The molecule has 0 rings (SSSR count). The third-order valence-corrected chi connectivity index (χ3v) is 2.67. The fourth-order valence-corrected chi connectivity index (χ4v) is 1.38. The maximum Gasteiger partial charge on any atom is 0.423 e. The van der Waals surface area contributed by atoms with Gasteiger partial charge in [0.05, 0.1) is 5.60 Å². The molecule has 0 amide bonds. The smallest absolute Gasteiger partial charge is 0.353 e.